The van der Waals surface area contributed by atoms with Crippen LogP contribution in [0.3, 0.4) is 0 Å². The Hall–Kier alpha value is -4.27. The van der Waals surface area contributed by atoms with E-state index in [1.54, 1.807) is 0 Å². The molecule has 0 radical (unpaired) electrons. The molecule has 0 aliphatic heterocycles. The van der Waals surface area contributed by atoms with Crippen LogP contribution in [-0.2, 0) is 4.79 Å². The van der Waals surface area contributed by atoms with E-state index in [4.69, 9.17) is 15.6 Å². The molecular formula is C28H33N7O2. The largest absolute Gasteiger partial charge is 0.423 e. The lowest BCUT2D eigenvalue weighted by atomic mass is 9.94. The third kappa shape index (κ3) is 5.77. The summed E-state index contributed by atoms with van der Waals surface area (Å²) in [5, 5.41) is 15.4. The number of fused-ring (bicyclic) bond motifs is 1. The average molecular weight is 500 g/mol. The molecule has 0 amide bonds. The zero-order valence-corrected chi connectivity index (χ0v) is 21.7. The molecule has 192 valence electrons. The molecule has 2 aromatic heterocycles. The third-order valence-corrected chi connectivity index (χ3v) is 6.26. The number of rotatable bonds is 6. The van der Waals surface area contributed by atoms with Crippen LogP contribution in [-0.4, -0.2) is 32.5 Å². The van der Waals surface area contributed by atoms with Crippen LogP contribution < -0.4 is 16.4 Å². The quantitative estimate of drug-likeness (QED) is 0.239. The predicted molar refractivity (Wildman–Crippen MR) is 148 cm³/mol. The molecule has 9 nitrogen and oxygen atoms in total. The van der Waals surface area contributed by atoms with Gasteiger partial charge in [-0.3, -0.25) is 10.2 Å². The molecule has 0 spiro atoms. The Morgan fingerprint density at radius 1 is 1.08 bits per heavy atom. The van der Waals surface area contributed by atoms with Crippen LogP contribution >= 0.6 is 0 Å². The zero-order chi connectivity index (χ0) is 26.5. The highest BCUT2D eigenvalue weighted by molar-refractivity contribution is 6.16. The Morgan fingerprint density at radius 3 is 2.49 bits per heavy atom. The second-order valence-electron chi connectivity index (χ2n) is 8.97. The van der Waals surface area contributed by atoms with Gasteiger partial charge in [0.15, 0.2) is 5.58 Å². The normalized spacial score (nSPS) is 13.7. The summed E-state index contributed by atoms with van der Waals surface area (Å²) in [4.78, 5) is 24.5. The number of hydrogen-bond donors (Lipinski definition) is 4. The van der Waals surface area contributed by atoms with Crippen molar-refractivity contribution in [3.8, 4) is 0 Å². The Morgan fingerprint density at radius 2 is 1.78 bits per heavy atom. The molecule has 5 rings (SSSR count). The fraction of sp³-hybridized carbons (Fsp3) is 0.321. The number of aryl methyl sites for hydroxylation is 2. The number of benzene rings is 2. The molecule has 4 aromatic rings. The lowest BCUT2D eigenvalue weighted by molar-refractivity contribution is -0.120. The molecule has 2 heterocycles. The summed E-state index contributed by atoms with van der Waals surface area (Å²) in [5.41, 5.74) is 12.0. The van der Waals surface area contributed by atoms with Crippen molar-refractivity contribution in [1.82, 2.24) is 15.0 Å². The summed E-state index contributed by atoms with van der Waals surface area (Å²) in [7, 11) is 0. The Bertz CT molecular complexity index is 1420. The summed E-state index contributed by atoms with van der Waals surface area (Å²) in [6.45, 7) is 8.03. The highest BCUT2D eigenvalue weighted by atomic mass is 16.4. The van der Waals surface area contributed by atoms with E-state index in [2.05, 4.69) is 31.7 Å². The lowest BCUT2D eigenvalue weighted by Gasteiger charge is -2.24. The maximum atomic E-state index is 11.6. The van der Waals surface area contributed by atoms with Crippen LogP contribution in [0.15, 0.2) is 47.1 Å². The summed E-state index contributed by atoms with van der Waals surface area (Å²) < 4.78 is 5.89. The van der Waals surface area contributed by atoms with E-state index >= 15 is 0 Å². The van der Waals surface area contributed by atoms with Crippen molar-refractivity contribution >= 4 is 45.9 Å². The highest BCUT2D eigenvalue weighted by Crippen LogP contribution is 2.28. The van der Waals surface area contributed by atoms with E-state index in [-0.39, 0.29) is 23.4 Å². The summed E-state index contributed by atoms with van der Waals surface area (Å²) >= 11 is 0. The smallest absolute Gasteiger partial charge is 0.300 e. The predicted octanol–water partition coefficient (Wildman–Crippen LogP) is 5.93. The molecule has 1 aliphatic rings. The summed E-state index contributed by atoms with van der Waals surface area (Å²) in [6.07, 6.45) is 3.98. The fourth-order valence-corrected chi connectivity index (χ4v) is 4.45. The molecule has 9 heteroatoms. The van der Waals surface area contributed by atoms with Crippen molar-refractivity contribution in [3.05, 3.63) is 65.0 Å². The first-order valence-corrected chi connectivity index (χ1v) is 12.6. The molecule has 0 unspecified atom stereocenters. The van der Waals surface area contributed by atoms with E-state index in [0.29, 0.717) is 35.8 Å². The summed E-state index contributed by atoms with van der Waals surface area (Å²) in [5.74, 6) is 1.04. The van der Waals surface area contributed by atoms with Gasteiger partial charge < -0.3 is 20.8 Å². The second kappa shape index (κ2) is 11.2. The minimum Gasteiger partial charge on any atom is -0.423 e. The van der Waals surface area contributed by atoms with Crippen molar-refractivity contribution in [2.75, 3.05) is 16.4 Å². The van der Waals surface area contributed by atoms with Gasteiger partial charge in [0.25, 0.3) is 6.01 Å². The summed E-state index contributed by atoms with van der Waals surface area (Å²) in [6, 6.07) is 12.0. The van der Waals surface area contributed by atoms with Gasteiger partial charge in [0, 0.05) is 30.1 Å². The van der Waals surface area contributed by atoms with Crippen molar-refractivity contribution in [3.63, 3.8) is 0 Å². The molecule has 5 N–H and O–H groups in total. The molecule has 1 fully saturated rings. The Labute approximate surface area is 216 Å². The molecule has 2 aromatic carbocycles. The Kier molecular flexibility index (Phi) is 7.81. The number of ketones is 1. The number of nitrogens with two attached hydrogens (primary N) is 1. The van der Waals surface area contributed by atoms with Gasteiger partial charge in [-0.05, 0) is 56.0 Å². The van der Waals surface area contributed by atoms with Crippen molar-refractivity contribution < 1.29 is 9.21 Å². The van der Waals surface area contributed by atoms with Crippen LogP contribution in [0, 0.1) is 19.3 Å². The molecule has 1 aliphatic carbocycles. The van der Waals surface area contributed by atoms with Gasteiger partial charge in [0.2, 0.25) is 0 Å². The number of hydrogen-bond acceptors (Lipinski definition) is 9. The number of aromatic nitrogens is 3. The number of nitrogens with zero attached hydrogens (tertiary/aromatic N) is 3. The molecule has 1 saturated carbocycles. The van der Waals surface area contributed by atoms with Crippen LogP contribution in [0.2, 0.25) is 0 Å². The van der Waals surface area contributed by atoms with E-state index < -0.39 is 0 Å². The first-order valence-electron chi connectivity index (χ1n) is 12.6. The molecule has 0 saturated heterocycles. The molecule has 0 atom stereocenters. The number of Topliss-reactive ketones (excluding diaryl/α,β-unsaturated/α-hetero) is 1. The minimum absolute atomic E-state index is 0.115. The van der Waals surface area contributed by atoms with Gasteiger partial charge in [0.1, 0.15) is 29.3 Å². The number of anilines is 4. The van der Waals surface area contributed by atoms with Crippen molar-refractivity contribution in [2.24, 2.45) is 0 Å². The Balaban J connectivity index is 0.00000156. The molecule has 0 bridgehead atoms. The van der Waals surface area contributed by atoms with Crippen molar-refractivity contribution in [1.29, 1.82) is 5.41 Å². The van der Waals surface area contributed by atoms with Gasteiger partial charge in [-0.25, -0.2) is 9.97 Å². The average Bonchev–Trinajstić information content (AvgIpc) is 3.29. The van der Waals surface area contributed by atoms with Gasteiger partial charge in [-0.1, -0.05) is 32.0 Å². The standard InChI is InChI=1S/C26H27N7O2.C2H6/c1-14-11-15(2)23-20(12-14)33-26(35-23)32-18-5-3-16(4-6-18)22(27)21-24(28)29-13-30-25(21)31-17-7-9-19(34)10-8-17;1-2/h3-6,11-13,17,27H,7-10H2,1-2H3,(H,32,33)(H3,28,29,30,31);1-2H3. The van der Waals surface area contributed by atoms with Gasteiger partial charge in [-0.15, -0.1) is 0 Å². The first-order chi connectivity index (χ1) is 17.9. The fourth-order valence-electron chi connectivity index (χ4n) is 4.45. The van der Waals surface area contributed by atoms with E-state index in [9.17, 15) is 4.79 Å². The molecule has 37 heavy (non-hydrogen) atoms. The lowest BCUT2D eigenvalue weighted by Crippen LogP contribution is -2.28. The van der Waals surface area contributed by atoms with E-state index in [1.165, 1.54) is 6.33 Å². The third-order valence-electron chi connectivity index (χ3n) is 6.26. The zero-order valence-electron chi connectivity index (χ0n) is 21.7. The van der Waals surface area contributed by atoms with Crippen molar-refractivity contribution in [2.45, 2.75) is 59.4 Å². The van der Waals surface area contributed by atoms with Crippen LogP contribution in [0.4, 0.5) is 23.3 Å². The maximum Gasteiger partial charge on any atom is 0.300 e. The monoisotopic (exact) mass is 499 g/mol. The van der Waals surface area contributed by atoms with E-state index in [1.807, 2.05) is 58.0 Å². The van der Waals surface area contributed by atoms with Gasteiger partial charge >= 0.3 is 0 Å². The topological polar surface area (TPSA) is 143 Å². The number of nitrogens with one attached hydrogen (secondary N) is 3. The van der Waals surface area contributed by atoms with E-state index in [0.717, 1.165) is 40.8 Å². The number of carbonyl (C=O) groups is 1. The number of carbonyl (C=O) groups excluding carboxylic acids is 1. The first kappa shape index (κ1) is 25.8. The molecular weight excluding hydrogens is 466 g/mol. The number of oxazole rings is 1. The maximum absolute atomic E-state index is 11.6. The minimum atomic E-state index is 0.115. The number of nitrogen functional groups attached to an aromatic ring is 1. The van der Waals surface area contributed by atoms with Gasteiger partial charge in [0.05, 0.1) is 11.3 Å². The SMILES string of the molecule is CC.Cc1cc(C)c2oc(Nc3ccc(C(=N)c4c(N)ncnc4NC4CCC(=O)CC4)cc3)nc2c1. The highest BCUT2D eigenvalue weighted by Gasteiger charge is 2.22. The van der Waals surface area contributed by atoms with Crippen LogP contribution in [0.5, 0.6) is 0 Å². The van der Waals surface area contributed by atoms with Crippen LogP contribution in [0.1, 0.15) is 61.8 Å². The van der Waals surface area contributed by atoms with Gasteiger partial charge in [-0.2, -0.15) is 4.98 Å². The second-order valence-corrected chi connectivity index (χ2v) is 8.97. The van der Waals surface area contributed by atoms with Crippen LogP contribution in [0.25, 0.3) is 11.1 Å².